The van der Waals surface area contributed by atoms with E-state index in [1.165, 1.54) is 0 Å². The number of piperidine rings is 1. The summed E-state index contributed by atoms with van der Waals surface area (Å²) in [7, 11) is 0. The van der Waals surface area contributed by atoms with E-state index in [1.54, 1.807) is 6.20 Å². The van der Waals surface area contributed by atoms with Crippen LogP contribution in [0.1, 0.15) is 25.3 Å². The fourth-order valence-corrected chi connectivity index (χ4v) is 3.19. The van der Waals surface area contributed by atoms with Gasteiger partial charge in [-0.3, -0.25) is 4.79 Å². The van der Waals surface area contributed by atoms with Crippen molar-refractivity contribution >= 4 is 40.1 Å². The van der Waals surface area contributed by atoms with Gasteiger partial charge in [-0.2, -0.15) is 5.10 Å². The van der Waals surface area contributed by atoms with Crippen molar-refractivity contribution in [3.8, 4) is 0 Å². The van der Waals surface area contributed by atoms with Gasteiger partial charge < -0.3 is 10.6 Å². The van der Waals surface area contributed by atoms with Crippen LogP contribution in [0.2, 0.25) is 0 Å². The van der Waals surface area contributed by atoms with Crippen molar-refractivity contribution in [3.05, 3.63) is 46.6 Å². The van der Waals surface area contributed by atoms with Gasteiger partial charge in [0.1, 0.15) is 5.82 Å². The van der Waals surface area contributed by atoms with Crippen molar-refractivity contribution in [1.29, 1.82) is 0 Å². The Balaban J connectivity index is 0.00000208. The van der Waals surface area contributed by atoms with Crippen LogP contribution in [0.15, 0.2) is 41.0 Å². The summed E-state index contributed by atoms with van der Waals surface area (Å²) in [6.45, 7) is 3.66. The van der Waals surface area contributed by atoms with E-state index in [1.807, 2.05) is 35.0 Å². The lowest BCUT2D eigenvalue weighted by molar-refractivity contribution is -0.120. The highest BCUT2D eigenvalue weighted by atomic mass is 79.9. The third kappa shape index (κ3) is 4.82. The molecule has 0 bridgehead atoms. The lowest BCUT2D eigenvalue weighted by Crippen LogP contribution is -2.40. The van der Waals surface area contributed by atoms with Gasteiger partial charge in [-0.1, -0.05) is 28.1 Å². The molecule has 3 rings (SSSR count). The maximum atomic E-state index is 12.5. The van der Waals surface area contributed by atoms with Crippen molar-refractivity contribution in [3.63, 3.8) is 0 Å². The molecule has 130 valence electrons. The highest BCUT2D eigenvalue weighted by molar-refractivity contribution is 9.10. The first-order valence-corrected chi connectivity index (χ1v) is 8.71. The number of amides is 1. The van der Waals surface area contributed by atoms with E-state index in [2.05, 4.69) is 38.6 Å². The minimum atomic E-state index is 0. The van der Waals surface area contributed by atoms with Gasteiger partial charge in [0.15, 0.2) is 0 Å². The summed E-state index contributed by atoms with van der Waals surface area (Å²) >= 11 is 3.43. The molecular weight excluding hydrogens is 392 g/mol. The third-order valence-electron chi connectivity index (χ3n) is 4.21. The third-order valence-corrected chi connectivity index (χ3v) is 4.74. The minimum Gasteiger partial charge on any atom is -0.314 e. The first-order chi connectivity index (χ1) is 11.1. The second-order valence-corrected chi connectivity index (χ2v) is 6.98. The molecule has 5 nitrogen and oxygen atoms in total. The molecule has 0 radical (unpaired) electrons. The van der Waals surface area contributed by atoms with Crippen molar-refractivity contribution in [1.82, 2.24) is 15.1 Å². The molecule has 1 aromatic carbocycles. The van der Waals surface area contributed by atoms with Crippen LogP contribution < -0.4 is 10.6 Å². The van der Waals surface area contributed by atoms with Gasteiger partial charge in [-0.25, -0.2) is 4.68 Å². The summed E-state index contributed by atoms with van der Waals surface area (Å²) in [4.78, 5) is 12.5. The lowest BCUT2D eigenvalue weighted by atomic mass is 9.92. The van der Waals surface area contributed by atoms with Crippen molar-refractivity contribution in [2.75, 3.05) is 11.9 Å². The summed E-state index contributed by atoms with van der Waals surface area (Å²) < 4.78 is 2.88. The summed E-state index contributed by atoms with van der Waals surface area (Å²) in [5.74, 6) is 0.919. The number of rotatable bonds is 4. The Labute approximate surface area is 156 Å². The zero-order valence-electron chi connectivity index (χ0n) is 13.5. The predicted molar refractivity (Wildman–Crippen MR) is 102 cm³/mol. The molecule has 0 saturated carbocycles. The molecule has 1 aliphatic heterocycles. The van der Waals surface area contributed by atoms with E-state index in [0.29, 0.717) is 12.6 Å². The van der Waals surface area contributed by atoms with Crippen LogP contribution in [0.3, 0.4) is 0 Å². The van der Waals surface area contributed by atoms with E-state index < -0.39 is 0 Å². The molecule has 24 heavy (non-hydrogen) atoms. The Morgan fingerprint density at radius 2 is 2.12 bits per heavy atom. The summed E-state index contributed by atoms with van der Waals surface area (Å²) in [5.41, 5.74) is 1.14. The molecule has 2 N–H and O–H groups in total. The van der Waals surface area contributed by atoms with Gasteiger partial charge in [0.25, 0.3) is 0 Å². The molecule has 1 saturated heterocycles. The largest absolute Gasteiger partial charge is 0.314 e. The standard InChI is InChI=1S/C17H21BrN4O.ClH/c1-12-10-14(6-8-19-12)17(23)21-16-7-9-20-22(16)11-13-2-4-15(18)5-3-13;/h2-5,7,9,12,14,19H,6,8,10-11H2,1H3,(H,21,23);1H/t12-,14-;/m0./s1. The molecule has 0 aliphatic carbocycles. The summed E-state index contributed by atoms with van der Waals surface area (Å²) in [6.07, 6.45) is 3.49. The van der Waals surface area contributed by atoms with Crippen molar-refractivity contribution < 1.29 is 4.79 Å². The molecule has 2 atom stereocenters. The maximum absolute atomic E-state index is 12.5. The van der Waals surface area contributed by atoms with Crippen LogP contribution in [0.5, 0.6) is 0 Å². The lowest BCUT2D eigenvalue weighted by Gasteiger charge is -2.27. The van der Waals surface area contributed by atoms with Gasteiger partial charge in [0.05, 0.1) is 12.7 Å². The Morgan fingerprint density at radius 3 is 2.83 bits per heavy atom. The van der Waals surface area contributed by atoms with Crippen LogP contribution in [0.25, 0.3) is 0 Å². The average molecular weight is 414 g/mol. The predicted octanol–water partition coefficient (Wildman–Crippen LogP) is 3.44. The number of benzene rings is 1. The fourth-order valence-electron chi connectivity index (χ4n) is 2.93. The topological polar surface area (TPSA) is 59.0 Å². The number of nitrogens with one attached hydrogen (secondary N) is 2. The summed E-state index contributed by atoms with van der Waals surface area (Å²) in [5, 5.41) is 10.7. The maximum Gasteiger partial charge on any atom is 0.228 e. The van der Waals surface area contributed by atoms with E-state index in [0.717, 1.165) is 35.2 Å². The molecule has 1 aromatic heterocycles. The quantitative estimate of drug-likeness (QED) is 0.807. The first kappa shape index (κ1) is 19.0. The molecule has 0 spiro atoms. The number of nitrogens with zero attached hydrogens (tertiary/aromatic N) is 2. The Hall–Kier alpha value is -1.37. The van der Waals surface area contributed by atoms with E-state index >= 15 is 0 Å². The molecule has 0 unspecified atom stereocenters. The Bertz CT molecular complexity index is 673. The van der Waals surface area contributed by atoms with E-state index in [9.17, 15) is 4.79 Å². The number of carbonyl (C=O) groups is 1. The summed E-state index contributed by atoms with van der Waals surface area (Å²) in [6, 6.07) is 10.4. The average Bonchev–Trinajstić information content (AvgIpc) is 2.96. The van der Waals surface area contributed by atoms with Crippen LogP contribution in [-0.4, -0.2) is 28.3 Å². The smallest absolute Gasteiger partial charge is 0.228 e. The SMILES string of the molecule is C[C@H]1C[C@@H](C(=O)Nc2ccnn2Cc2ccc(Br)cc2)CCN1.Cl. The van der Waals surface area contributed by atoms with Crippen LogP contribution >= 0.6 is 28.3 Å². The minimum absolute atomic E-state index is 0. The molecule has 2 aromatic rings. The molecule has 1 aliphatic rings. The van der Waals surface area contributed by atoms with Gasteiger partial charge >= 0.3 is 0 Å². The van der Waals surface area contributed by atoms with E-state index in [4.69, 9.17) is 0 Å². The van der Waals surface area contributed by atoms with Gasteiger partial charge in [0, 0.05) is 22.5 Å². The monoisotopic (exact) mass is 412 g/mol. The van der Waals surface area contributed by atoms with Crippen LogP contribution in [0, 0.1) is 5.92 Å². The first-order valence-electron chi connectivity index (χ1n) is 7.92. The number of anilines is 1. The van der Waals surface area contributed by atoms with Gasteiger partial charge in [-0.05, 0) is 44.0 Å². The normalized spacial score (nSPS) is 20.2. The Kier molecular flexibility index (Phi) is 6.83. The van der Waals surface area contributed by atoms with Crippen LogP contribution in [0.4, 0.5) is 5.82 Å². The van der Waals surface area contributed by atoms with Crippen molar-refractivity contribution in [2.45, 2.75) is 32.4 Å². The molecule has 1 amide bonds. The molecule has 2 heterocycles. The fraction of sp³-hybridized carbons (Fsp3) is 0.412. The number of carbonyl (C=O) groups excluding carboxylic acids is 1. The molecule has 1 fully saturated rings. The van der Waals surface area contributed by atoms with E-state index in [-0.39, 0.29) is 24.2 Å². The zero-order valence-corrected chi connectivity index (χ0v) is 15.9. The number of hydrogen-bond donors (Lipinski definition) is 2. The second-order valence-electron chi connectivity index (χ2n) is 6.07. The highest BCUT2D eigenvalue weighted by Gasteiger charge is 2.25. The van der Waals surface area contributed by atoms with Gasteiger partial charge in [0.2, 0.25) is 5.91 Å². The number of hydrogen-bond acceptors (Lipinski definition) is 3. The number of aromatic nitrogens is 2. The zero-order chi connectivity index (χ0) is 16.2. The second kappa shape index (κ2) is 8.65. The van der Waals surface area contributed by atoms with Gasteiger partial charge in [-0.15, -0.1) is 12.4 Å². The number of halogens is 2. The molecule has 7 heteroatoms. The Morgan fingerprint density at radius 1 is 1.38 bits per heavy atom. The van der Waals surface area contributed by atoms with Crippen LogP contribution in [-0.2, 0) is 11.3 Å². The highest BCUT2D eigenvalue weighted by Crippen LogP contribution is 2.19. The van der Waals surface area contributed by atoms with Crippen molar-refractivity contribution in [2.24, 2.45) is 5.92 Å². The molecular formula is C17H22BrClN4O.